The van der Waals surface area contributed by atoms with Gasteiger partial charge in [0.2, 0.25) is 17.7 Å². The van der Waals surface area contributed by atoms with Gasteiger partial charge >= 0.3 is 5.97 Å². The molecule has 9 nitrogen and oxygen atoms in total. The second kappa shape index (κ2) is 12.1. The van der Waals surface area contributed by atoms with E-state index < -0.39 is 48.4 Å². The molecule has 0 fully saturated rings. The number of carbonyl (C=O) groups excluding carboxylic acids is 3. The van der Waals surface area contributed by atoms with Crippen LogP contribution in [0.15, 0.2) is 30.3 Å². The molecule has 0 aromatic heterocycles. The van der Waals surface area contributed by atoms with Crippen LogP contribution < -0.4 is 21.7 Å². The zero-order valence-electron chi connectivity index (χ0n) is 16.4. The highest BCUT2D eigenvalue weighted by atomic mass is 32.1. The zero-order valence-corrected chi connectivity index (χ0v) is 17.3. The summed E-state index contributed by atoms with van der Waals surface area (Å²) in [7, 11) is 0. The van der Waals surface area contributed by atoms with Gasteiger partial charge in [-0.2, -0.15) is 12.6 Å². The first kappa shape index (κ1) is 24.4. The van der Waals surface area contributed by atoms with E-state index in [4.69, 9.17) is 10.8 Å². The molecule has 3 atom stereocenters. The summed E-state index contributed by atoms with van der Waals surface area (Å²) >= 11 is 3.99. The van der Waals surface area contributed by atoms with E-state index in [0.29, 0.717) is 0 Å². The van der Waals surface area contributed by atoms with E-state index in [2.05, 4.69) is 28.6 Å². The van der Waals surface area contributed by atoms with Crippen molar-refractivity contribution in [2.24, 2.45) is 11.7 Å². The standard InChI is InChI=1S/C19H28N4O5S/c1-11(2)16(19(28)21-9-15(24)25)23-18(27)14(22-17(26)13(20)10-29)8-12-6-4-3-5-7-12/h3-7,11,13-14,16,29H,8-10,20H2,1-2H3,(H,21,28)(H,22,26)(H,23,27)(H,24,25). The van der Waals surface area contributed by atoms with E-state index in [0.717, 1.165) is 5.56 Å². The molecule has 160 valence electrons. The molecule has 0 spiro atoms. The first-order chi connectivity index (χ1) is 13.6. The third kappa shape index (κ3) is 8.53. The van der Waals surface area contributed by atoms with E-state index in [-0.39, 0.29) is 18.1 Å². The molecule has 3 unspecified atom stereocenters. The first-order valence-electron chi connectivity index (χ1n) is 9.16. The molecular formula is C19H28N4O5S. The summed E-state index contributed by atoms with van der Waals surface area (Å²) in [4.78, 5) is 48.0. The van der Waals surface area contributed by atoms with Crippen molar-refractivity contribution in [3.05, 3.63) is 35.9 Å². The minimum atomic E-state index is -1.19. The number of amides is 3. The number of carbonyl (C=O) groups is 4. The maximum Gasteiger partial charge on any atom is 0.322 e. The smallest absolute Gasteiger partial charge is 0.322 e. The van der Waals surface area contributed by atoms with Gasteiger partial charge in [-0.3, -0.25) is 19.2 Å². The number of benzene rings is 1. The van der Waals surface area contributed by atoms with Crippen molar-refractivity contribution in [1.82, 2.24) is 16.0 Å². The van der Waals surface area contributed by atoms with Crippen LogP contribution in [0.25, 0.3) is 0 Å². The Labute approximate surface area is 175 Å². The highest BCUT2D eigenvalue weighted by molar-refractivity contribution is 7.80. The summed E-state index contributed by atoms with van der Waals surface area (Å²) in [6.45, 7) is 2.87. The minimum Gasteiger partial charge on any atom is -0.480 e. The van der Waals surface area contributed by atoms with Crippen LogP contribution >= 0.6 is 12.6 Å². The fourth-order valence-corrected chi connectivity index (χ4v) is 2.65. The van der Waals surface area contributed by atoms with Crippen LogP contribution in [0.3, 0.4) is 0 Å². The van der Waals surface area contributed by atoms with Gasteiger partial charge in [0.15, 0.2) is 0 Å². The predicted octanol–water partition coefficient (Wildman–Crippen LogP) is -0.687. The normalized spacial score (nSPS) is 13.8. The molecule has 6 N–H and O–H groups in total. The number of aliphatic carboxylic acids is 1. The highest BCUT2D eigenvalue weighted by Gasteiger charge is 2.29. The molecule has 0 saturated carbocycles. The van der Waals surface area contributed by atoms with Crippen LogP contribution in [0.1, 0.15) is 19.4 Å². The quantitative estimate of drug-likeness (QED) is 0.259. The van der Waals surface area contributed by atoms with E-state index in [9.17, 15) is 19.2 Å². The lowest BCUT2D eigenvalue weighted by atomic mass is 10.0. The summed E-state index contributed by atoms with van der Waals surface area (Å²) in [5.74, 6) is -3.11. The Bertz CT molecular complexity index is 714. The number of nitrogens with two attached hydrogens (primary N) is 1. The number of carboxylic acid groups (broad SMARTS) is 1. The van der Waals surface area contributed by atoms with Gasteiger partial charge in [-0.05, 0) is 11.5 Å². The highest BCUT2D eigenvalue weighted by Crippen LogP contribution is 2.07. The SMILES string of the molecule is CC(C)C(NC(=O)C(Cc1ccccc1)NC(=O)C(N)CS)C(=O)NCC(=O)O. The lowest BCUT2D eigenvalue weighted by molar-refractivity contribution is -0.139. The molecule has 1 aromatic rings. The predicted molar refractivity (Wildman–Crippen MR) is 111 cm³/mol. The Hall–Kier alpha value is -2.59. The van der Waals surface area contributed by atoms with Crippen molar-refractivity contribution in [1.29, 1.82) is 0 Å². The number of nitrogens with one attached hydrogen (secondary N) is 3. The van der Waals surface area contributed by atoms with Crippen molar-refractivity contribution >= 4 is 36.3 Å². The van der Waals surface area contributed by atoms with E-state index in [1.807, 2.05) is 30.3 Å². The minimum absolute atomic E-state index is 0.109. The molecule has 1 aromatic carbocycles. The average molecular weight is 425 g/mol. The second-order valence-electron chi connectivity index (χ2n) is 6.88. The first-order valence-corrected chi connectivity index (χ1v) is 9.79. The number of carboxylic acids is 1. The number of thiol groups is 1. The Morgan fingerprint density at radius 1 is 1.03 bits per heavy atom. The maximum absolute atomic E-state index is 12.9. The summed E-state index contributed by atoms with van der Waals surface area (Å²) < 4.78 is 0. The van der Waals surface area contributed by atoms with Crippen molar-refractivity contribution < 1.29 is 24.3 Å². The molecule has 10 heteroatoms. The second-order valence-corrected chi connectivity index (χ2v) is 7.25. The Morgan fingerprint density at radius 2 is 1.66 bits per heavy atom. The fraction of sp³-hybridized carbons (Fsp3) is 0.474. The number of rotatable bonds is 11. The Balaban J connectivity index is 2.96. The van der Waals surface area contributed by atoms with Crippen LogP contribution in [0.5, 0.6) is 0 Å². The van der Waals surface area contributed by atoms with Gasteiger partial charge in [0.1, 0.15) is 18.6 Å². The summed E-state index contributed by atoms with van der Waals surface area (Å²) in [5, 5.41) is 16.2. The van der Waals surface area contributed by atoms with Gasteiger partial charge in [0, 0.05) is 12.2 Å². The summed E-state index contributed by atoms with van der Waals surface area (Å²) in [6.07, 6.45) is 0.194. The van der Waals surface area contributed by atoms with Gasteiger partial charge in [0.05, 0.1) is 6.04 Å². The monoisotopic (exact) mass is 424 g/mol. The third-order valence-electron chi connectivity index (χ3n) is 4.11. The Morgan fingerprint density at radius 3 is 2.17 bits per heavy atom. The average Bonchev–Trinajstić information content (AvgIpc) is 2.69. The van der Waals surface area contributed by atoms with E-state index >= 15 is 0 Å². The van der Waals surface area contributed by atoms with Gasteiger partial charge in [0.25, 0.3) is 0 Å². The van der Waals surface area contributed by atoms with Gasteiger partial charge < -0.3 is 26.8 Å². The molecule has 1 rings (SSSR count). The molecular weight excluding hydrogens is 396 g/mol. The molecule has 0 radical (unpaired) electrons. The fourth-order valence-electron chi connectivity index (χ4n) is 2.48. The Kier molecular flexibility index (Phi) is 10.2. The van der Waals surface area contributed by atoms with Crippen LogP contribution in [-0.4, -0.2) is 59.2 Å². The van der Waals surface area contributed by atoms with E-state index in [1.54, 1.807) is 13.8 Å². The molecule has 0 aliphatic carbocycles. The lowest BCUT2D eigenvalue weighted by Gasteiger charge is -2.26. The third-order valence-corrected chi connectivity index (χ3v) is 4.50. The molecule has 0 aliphatic rings. The lowest BCUT2D eigenvalue weighted by Crippen LogP contribution is -2.58. The maximum atomic E-state index is 12.9. The molecule has 0 bridgehead atoms. The van der Waals surface area contributed by atoms with Gasteiger partial charge in [-0.1, -0.05) is 44.2 Å². The van der Waals surface area contributed by atoms with Crippen molar-refractivity contribution in [3.8, 4) is 0 Å². The summed E-state index contributed by atoms with van der Waals surface area (Å²) in [5.41, 5.74) is 6.49. The number of hydrogen-bond acceptors (Lipinski definition) is 6. The molecule has 0 aliphatic heterocycles. The van der Waals surface area contributed by atoms with Crippen molar-refractivity contribution in [3.63, 3.8) is 0 Å². The topological polar surface area (TPSA) is 151 Å². The molecule has 29 heavy (non-hydrogen) atoms. The van der Waals surface area contributed by atoms with Crippen molar-refractivity contribution in [2.45, 2.75) is 38.4 Å². The zero-order chi connectivity index (χ0) is 22.0. The van der Waals surface area contributed by atoms with Gasteiger partial charge in [-0.15, -0.1) is 0 Å². The van der Waals surface area contributed by atoms with Gasteiger partial charge in [-0.25, -0.2) is 0 Å². The van der Waals surface area contributed by atoms with Crippen LogP contribution in [0.2, 0.25) is 0 Å². The molecule has 0 heterocycles. The summed E-state index contributed by atoms with van der Waals surface area (Å²) in [6, 6.07) is 6.25. The van der Waals surface area contributed by atoms with Crippen LogP contribution in [0.4, 0.5) is 0 Å². The molecule has 0 saturated heterocycles. The van der Waals surface area contributed by atoms with Crippen LogP contribution in [0, 0.1) is 5.92 Å². The van der Waals surface area contributed by atoms with E-state index in [1.165, 1.54) is 0 Å². The number of hydrogen-bond donors (Lipinski definition) is 6. The van der Waals surface area contributed by atoms with Crippen LogP contribution in [-0.2, 0) is 25.6 Å². The largest absolute Gasteiger partial charge is 0.480 e. The molecule has 3 amide bonds. The van der Waals surface area contributed by atoms with Crippen molar-refractivity contribution in [2.75, 3.05) is 12.3 Å².